The summed E-state index contributed by atoms with van der Waals surface area (Å²) in [7, 11) is 3.41. The Morgan fingerprint density at radius 1 is 1.08 bits per heavy atom. The van der Waals surface area contributed by atoms with Gasteiger partial charge in [0.1, 0.15) is 11.5 Å². The summed E-state index contributed by atoms with van der Waals surface area (Å²) in [5.41, 5.74) is 4.48. The summed E-state index contributed by atoms with van der Waals surface area (Å²) in [5.74, 6) is 1.66. The van der Waals surface area contributed by atoms with E-state index in [1.54, 1.807) is 14.2 Å². The third-order valence-corrected chi connectivity index (χ3v) is 4.37. The quantitative estimate of drug-likeness (QED) is 0.915. The third-order valence-electron chi connectivity index (χ3n) is 4.37. The minimum Gasteiger partial charge on any atom is -0.496 e. The van der Waals surface area contributed by atoms with E-state index >= 15 is 0 Å². The summed E-state index contributed by atoms with van der Waals surface area (Å²) in [6, 6.07) is 12.6. The molecule has 1 atom stereocenters. The maximum absolute atomic E-state index is 5.81. The van der Waals surface area contributed by atoms with Crippen LogP contribution in [-0.4, -0.2) is 40.0 Å². The van der Waals surface area contributed by atoms with E-state index < -0.39 is 0 Å². The van der Waals surface area contributed by atoms with Gasteiger partial charge in [-0.1, -0.05) is 29.8 Å². The third kappa shape index (κ3) is 3.71. The number of hydrogen-bond acceptors (Lipinski definition) is 4. The number of hydrogen-bond donors (Lipinski definition) is 1. The molecular formula is C20H25NO3. The SMILES string of the molecule is COc1cc(CC2CNCCO2)cc(OC)c1-c1ccc(C)cc1. The maximum Gasteiger partial charge on any atom is 0.130 e. The lowest BCUT2D eigenvalue weighted by Gasteiger charge is -2.24. The topological polar surface area (TPSA) is 39.7 Å². The Morgan fingerprint density at radius 3 is 2.29 bits per heavy atom. The molecule has 24 heavy (non-hydrogen) atoms. The van der Waals surface area contributed by atoms with Crippen molar-refractivity contribution in [3.05, 3.63) is 47.5 Å². The number of benzene rings is 2. The smallest absolute Gasteiger partial charge is 0.130 e. The molecular weight excluding hydrogens is 302 g/mol. The van der Waals surface area contributed by atoms with Gasteiger partial charge in [0.05, 0.1) is 32.5 Å². The zero-order valence-corrected chi connectivity index (χ0v) is 14.6. The molecule has 4 nitrogen and oxygen atoms in total. The van der Waals surface area contributed by atoms with Crippen LogP contribution in [-0.2, 0) is 11.2 Å². The Balaban J connectivity index is 1.95. The Morgan fingerprint density at radius 2 is 1.75 bits per heavy atom. The van der Waals surface area contributed by atoms with E-state index in [-0.39, 0.29) is 6.10 Å². The van der Waals surface area contributed by atoms with Crippen molar-refractivity contribution in [3.63, 3.8) is 0 Å². The predicted molar refractivity (Wildman–Crippen MR) is 96.0 cm³/mol. The molecule has 3 rings (SSSR count). The van der Waals surface area contributed by atoms with Crippen molar-refractivity contribution in [2.24, 2.45) is 0 Å². The molecule has 0 radical (unpaired) electrons. The van der Waals surface area contributed by atoms with Gasteiger partial charge in [-0.2, -0.15) is 0 Å². The van der Waals surface area contributed by atoms with Crippen molar-refractivity contribution < 1.29 is 14.2 Å². The second-order valence-electron chi connectivity index (χ2n) is 6.14. The first-order valence-corrected chi connectivity index (χ1v) is 8.35. The van der Waals surface area contributed by atoms with Crippen LogP contribution >= 0.6 is 0 Å². The molecule has 0 aliphatic carbocycles. The predicted octanol–water partition coefficient (Wildman–Crippen LogP) is 3.21. The zero-order chi connectivity index (χ0) is 16.9. The average molecular weight is 327 g/mol. The number of nitrogens with one attached hydrogen (secondary N) is 1. The second kappa shape index (κ2) is 7.69. The number of morpholine rings is 1. The van der Waals surface area contributed by atoms with Gasteiger partial charge in [0, 0.05) is 19.5 Å². The zero-order valence-electron chi connectivity index (χ0n) is 14.6. The number of ether oxygens (including phenoxy) is 3. The van der Waals surface area contributed by atoms with Gasteiger partial charge in [-0.05, 0) is 30.2 Å². The molecule has 0 spiro atoms. The van der Waals surface area contributed by atoms with Crippen LogP contribution in [0, 0.1) is 6.92 Å². The summed E-state index contributed by atoms with van der Waals surface area (Å²) in [4.78, 5) is 0. The second-order valence-corrected chi connectivity index (χ2v) is 6.14. The van der Waals surface area contributed by atoms with E-state index in [0.29, 0.717) is 0 Å². The lowest BCUT2D eigenvalue weighted by Crippen LogP contribution is -2.39. The molecule has 0 aromatic heterocycles. The molecule has 2 aromatic rings. The summed E-state index contributed by atoms with van der Waals surface area (Å²) in [6.45, 7) is 4.65. The highest BCUT2D eigenvalue weighted by Gasteiger charge is 2.18. The van der Waals surface area contributed by atoms with Crippen molar-refractivity contribution in [1.29, 1.82) is 0 Å². The van der Waals surface area contributed by atoms with Crippen LogP contribution in [0.25, 0.3) is 11.1 Å². The number of methoxy groups -OCH3 is 2. The summed E-state index contributed by atoms with van der Waals surface area (Å²) >= 11 is 0. The summed E-state index contributed by atoms with van der Waals surface area (Å²) in [5, 5.41) is 3.37. The lowest BCUT2D eigenvalue weighted by atomic mass is 9.98. The summed E-state index contributed by atoms with van der Waals surface area (Å²) < 4.78 is 17.1. The molecule has 0 amide bonds. The molecule has 1 saturated heterocycles. The highest BCUT2D eigenvalue weighted by Crippen LogP contribution is 2.40. The van der Waals surface area contributed by atoms with Crippen molar-refractivity contribution in [3.8, 4) is 22.6 Å². The molecule has 1 aliphatic rings. The average Bonchev–Trinajstić information content (AvgIpc) is 2.62. The fourth-order valence-corrected chi connectivity index (χ4v) is 3.10. The Hall–Kier alpha value is -2.04. The molecule has 2 aromatic carbocycles. The molecule has 1 N–H and O–H groups in total. The molecule has 1 fully saturated rings. The monoisotopic (exact) mass is 327 g/mol. The number of aryl methyl sites for hydroxylation is 1. The Bertz CT molecular complexity index is 651. The highest BCUT2D eigenvalue weighted by atomic mass is 16.5. The minimum absolute atomic E-state index is 0.193. The Labute approximate surface area is 143 Å². The molecule has 4 heteroatoms. The fourth-order valence-electron chi connectivity index (χ4n) is 3.10. The van der Waals surface area contributed by atoms with E-state index in [4.69, 9.17) is 14.2 Å². The molecule has 1 aliphatic heterocycles. The van der Waals surface area contributed by atoms with E-state index in [1.165, 1.54) is 5.56 Å². The van der Waals surface area contributed by atoms with Crippen LogP contribution in [0.2, 0.25) is 0 Å². The molecule has 0 saturated carbocycles. The lowest BCUT2D eigenvalue weighted by molar-refractivity contribution is 0.0292. The van der Waals surface area contributed by atoms with Gasteiger partial charge in [-0.3, -0.25) is 0 Å². The molecule has 0 bridgehead atoms. The van der Waals surface area contributed by atoms with Crippen LogP contribution in [0.4, 0.5) is 0 Å². The Kier molecular flexibility index (Phi) is 5.38. The van der Waals surface area contributed by atoms with Gasteiger partial charge >= 0.3 is 0 Å². The van der Waals surface area contributed by atoms with Crippen LogP contribution in [0.5, 0.6) is 11.5 Å². The molecule has 1 heterocycles. The molecule has 128 valence electrons. The van der Waals surface area contributed by atoms with Gasteiger partial charge in [0.2, 0.25) is 0 Å². The van der Waals surface area contributed by atoms with Crippen LogP contribution in [0.3, 0.4) is 0 Å². The summed E-state index contributed by atoms with van der Waals surface area (Å²) in [6.07, 6.45) is 1.03. The van der Waals surface area contributed by atoms with E-state index in [2.05, 4.69) is 48.6 Å². The van der Waals surface area contributed by atoms with Crippen LogP contribution < -0.4 is 14.8 Å². The first-order valence-electron chi connectivity index (χ1n) is 8.35. The van der Waals surface area contributed by atoms with E-state index in [9.17, 15) is 0 Å². The standard InChI is InChI=1S/C20H25NO3/c1-14-4-6-16(7-5-14)20-18(22-2)11-15(12-19(20)23-3)10-17-13-21-8-9-24-17/h4-7,11-12,17,21H,8-10,13H2,1-3H3. The largest absolute Gasteiger partial charge is 0.496 e. The van der Waals surface area contributed by atoms with Gasteiger partial charge in [0.25, 0.3) is 0 Å². The van der Waals surface area contributed by atoms with Gasteiger partial charge in [-0.15, -0.1) is 0 Å². The van der Waals surface area contributed by atoms with Crippen molar-refractivity contribution in [1.82, 2.24) is 5.32 Å². The van der Waals surface area contributed by atoms with E-state index in [1.807, 2.05) is 0 Å². The van der Waals surface area contributed by atoms with Crippen LogP contribution in [0.15, 0.2) is 36.4 Å². The normalized spacial score (nSPS) is 17.5. The van der Waals surface area contributed by atoms with Gasteiger partial charge < -0.3 is 19.5 Å². The van der Waals surface area contributed by atoms with E-state index in [0.717, 1.165) is 54.3 Å². The van der Waals surface area contributed by atoms with Crippen LogP contribution in [0.1, 0.15) is 11.1 Å². The maximum atomic E-state index is 5.81. The minimum atomic E-state index is 0.193. The first kappa shape index (κ1) is 16.8. The van der Waals surface area contributed by atoms with Gasteiger partial charge in [-0.25, -0.2) is 0 Å². The van der Waals surface area contributed by atoms with Crippen molar-refractivity contribution in [2.75, 3.05) is 33.9 Å². The van der Waals surface area contributed by atoms with Crippen molar-refractivity contribution in [2.45, 2.75) is 19.4 Å². The molecule has 1 unspecified atom stereocenters. The van der Waals surface area contributed by atoms with Gasteiger partial charge in [0.15, 0.2) is 0 Å². The van der Waals surface area contributed by atoms with Crippen molar-refractivity contribution >= 4 is 0 Å². The number of rotatable bonds is 5. The first-order chi connectivity index (χ1) is 11.7. The highest BCUT2D eigenvalue weighted by molar-refractivity contribution is 5.77. The fraction of sp³-hybridized carbons (Fsp3) is 0.400.